The van der Waals surface area contributed by atoms with Gasteiger partial charge in [-0.05, 0) is 60.2 Å². The lowest BCUT2D eigenvalue weighted by Crippen LogP contribution is -2.14. The van der Waals surface area contributed by atoms with Crippen molar-refractivity contribution in [2.75, 3.05) is 23.5 Å². The van der Waals surface area contributed by atoms with E-state index >= 15 is 0 Å². The van der Waals surface area contributed by atoms with Crippen LogP contribution >= 0.6 is 11.8 Å². The number of carbonyl (C=O) groups is 3. The molecular formula is C28H25N5O4S. The summed E-state index contributed by atoms with van der Waals surface area (Å²) in [5.74, 6) is -0.116. The third kappa shape index (κ3) is 6.95. The Labute approximate surface area is 223 Å². The maximum Gasteiger partial charge on any atom is 0.337 e. The smallest absolute Gasteiger partial charge is 0.337 e. The molecule has 2 N–H and O–H groups in total. The lowest BCUT2D eigenvalue weighted by Gasteiger charge is -2.07. The van der Waals surface area contributed by atoms with Crippen LogP contribution in [0, 0.1) is 0 Å². The fourth-order valence-corrected chi connectivity index (χ4v) is 4.16. The lowest BCUT2D eigenvalue weighted by molar-refractivity contribution is -0.114. The first kappa shape index (κ1) is 26.4. The van der Waals surface area contributed by atoms with Crippen LogP contribution in [0.1, 0.15) is 15.9 Å². The molecule has 0 atom stereocenters. The number of aromatic nitrogens is 3. The molecular weight excluding hydrogens is 502 g/mol. The quantitative estimate of drug-likeness (QED) is 0.185. The van der Waals surface area contributed by atoms with Crippen LogP contribution in [0.3, 0.4) is 0 Å². The summed E-state index contributed by atoms with van der Waals surface area (Å²) in [7, 11) is 3.14. The third-order valence-corrected chi connectivity index (χ3v) is 6.41. The Hall–Kier alpha value is -4.70. The number of methoxy groups -OCH3 is 1. The maximum absolute atomic E-state index is 12.4. The van der Waals surface area contributed by atoms with E-state index in [-0.39, 0.29) is 17.6 Å². The molecule has 0 spiro atoms. The molecule has 0 aliphatic heterocycles. The highest BCUT2D eigenvalue weighted by molar-refractivity contribution is 7.99. The number of nitrogens with zero attached hydrogens (tertiary/aromatic N) is 3. The molecule has 0 unspecified atom stereocenters. The van der Waals surface area contributed by atoms with Crippen molar-refractivity contribution in [2.24, 2.45) is 7.05 Å². The van der Waals surface area contributed by atoms with Gasteiger partial charge in [-0.25, -0.2) is 4.79 Å². The van der Waals surface area contributed by atoms with Crippen molar-refractivity contribution in [2.45, 2.75) is 5.16 Å². The van der Waals surface area contributed by atoms with Crippen LogP contribution in [0.5, 0.6) is 0 Å². The minimum atomic E-state index is -0.438. The van der Waals surface area contributed by atoms with E-state index in [1.165, 1.54) is 24.9 Å². The van der Waals surface area contributed by atoms with E-state index in [0.717, 1.165) is 11.1 Å². The number of ether oxygens (including phenoxy) is 1. The summed E-state index contributed by atoms with van der Waals surface area (Å²) in [5.41, 5.74) is 3.40. The van der Waals surface area contributed by atoms with Gasteiger partial charge in [-0.15, -0.1) is 10.2 Å². The van der Waals surface area contributed by atoms with Gasteiger partial charge in [-0.3, -0.25) is 9.59 Å². The van der Waals surface area contributed by atoms with Gasteiger partial charge in [0.2, 0.25) is 11.8 Å². The van der Waals surface area contributed by atoms with Gasteiger partial charge in [0, 0.05) is 30.1 Å². The predicted molar refractivity (Wildman–Crippen MR) is 148 cm³/mol. The normalized spacial score (nSPS) is 10.8. The van der Waals surface area contributed by atoms with E-state index in [2.05, 4.69) is 25.6 Å². The van der Waals surface area contributed by atoms with Gasteiger partial charge in [0.15, 0.2) is 11.0 Å². The van der Waals surface area contributed by atoms with Crippen molar-refractivity contribution < 1.29 is 19.1 Å². The monoisotopic (exact) mass is 527 g/mol. The number of esters is 1. The van der Waals surface area contributed by atoms with Gasteiger partial charge in [-0.1, -0.05) is 42.1 Å². The molecule has 38 heavy (non-hydrogen) atoms. The molecule has 1 heterocycles. The number of anilines is 2. The van der Waals surface area contributed by atoms with Crippen molar-refractivity contribution in [3.63, 3.8) is 0 Å². The average molecular weight is 528 g/mol. The van der Waals surface area contributed by atoms with Crippen LogP contribution in [0.2, 0.25) is 0 Å². The van der Waals surface area contributed by atoms with Crippen molar-refractivity contribution in [1.82, 2.24) is 14.8 Å². The summed E-state index contributed by atoms with van der Waals surface area (Å²) in [6, 6.07) is 23.3. The molecule has 0 radical (unpaired) electrons. The number of nitrogens with one attached hydrogen (secondary N) is 2. The summed E-state index contributed by atoms with van der Waals surface area (Å²) in [5, 5.41) is 14.7. The molecule has 0 saturated carbocycles. The van der Waals surface area contributed by atoms with Gasteiger partial charge in [0.1, 0.15) is 0 Å². The molecule has 0 aliphatic carbocycles. The van der Waals surface area contributed by atoms with Gasteiger partial charge in [0.05, 0.1) is 18.4 Å². The molecule has 3 aromatic carbocycles. The second-order valence-electron chi connectivity index (χ2n) is 8.08. The highest BCUT2D eigenvalue weighted by Gasteiger charge is 2.14. The number of hydrogen-bond donors (Lipinski definition) is 2. The molecule has 1 aromatic heterocycles. The second kappa shape index (κ2) is 12.5. The van der Waals surface area contributed by atoms with Gasteiger partial charge < -0.3 is 19.9 Å². The van der Waals surface area contributed by atoms with Crippen LogP contribution < -0.4 is 10.6 Å². The number of hydrogen-bond acceptors (Lipinski definition) is 7. The van der Waals surface area contributed by atoms with E-state index in [1.807, 2.05) is 49.5 Å². The zero-order valence-corrected chi connectivity index (χ0v) is 21.6. The third-order valence-electron chi connectivity index (χ3n) is 5.39. The number of rotatable bonds is 9. The summed E-state index contributed by atoms with van der Waals surface area (Å²) in [6.07, 6.45) is 3.24. The average Bonchev–Trinajstić information content (AvgIpc) is 3.31. The van der Waals surface area contributed by atoms with Crippen LogP contribution in [-0.2, 0) is 21.4 Å². The summed E-state index contributed by atoms with van der Waals surface area (Å²) in [6.45, 7) is 0. The van der Waals surface area contributed by atoms with Crippen molar-refractivity contribution in [3.05, 3.63) is 96.1 Å². The Morgan fingerprint density at radius 1 is 0.895 bits per heavy atom. The van der Waals surface area contributed by atoms with Crippen LogP contribution in [-0.4, -0.2) is 45.4 Å². The molecule has 4 aromatic rings. The fraction of sp³-hybridized carbons (Fsp3) is 0.107. The Morgan fingerprint density at radius 3 is 2.24 bits per heavy atom. The zero-order chi connectivity index (χ0) is 26.9. The van der Waals surface area contributed by atoms with Crippen molar-refractivity contribution in [3.8, 4) is 11.4 Å². The van der Waals surface area contributed by atoms with E-state index in [0.29, 0.717) is 27.9 Å². The first-order valence-electron chi connectivity index (χ1n) is 11.6. The number of amides is 2. The Balaban J connectivity index is 1.31. The molecule has 0 fully saturated rings. The van der Waals surface area contributed by atoms with Crippen molar-refractivity contribution >= 4 is 47.0 Å². The standard InChI is InChI=1S/C28H25N5O4S/c1-33-26(20-9-13-22(14-10-20)29-24(34)17-8-19-6-4-3-5-7-19)31-32-28(33)38-18-25(35)30-23-15-11-21(12-16-23)27(36)37-2/h3-17H,18H2,1-2H3,(H,29,34)(H,30,35). The molecule has 4 rings (SSSR count). The maximum atomic E-state index is 12.4. The van der Waals surface area contributed by atoms with E-state index in [9.17, 15) is 14.4 Å². The minimum absolute atomic E-state index is 0.131. The summed E-state index contributed by atoms with van der Waals surface area (Å²) >= 11 is 1.26. The highest BCUT2D eigenvalue weighted by atomic mass is 32.2. The first-order valence-corrected chi connectivity index (χ1v) is 12.6. The number of carbonyl (C=O) groups excluding carboxylic acids is 3. The molecule has 0 saturated heterocycles. The predicted octanol–water partition coefficient (Wildman–Crippen LogP) is 4.65. The SMILES string of the molecule is COC(=O)c1ccc(NC(=O)CSc2nnc(-c3ccc(NC(=O)C=Cc4ccccc4)cc3)n2C)cc1. The molecule has 0 aliphatic rings. The van der Waals surface area contributed by atoms with Crippen molar-refractivity contribution in [1.29, 1.82) is 0 Å². The van der Waals surface area contributed by atoms with Gasteiger partial charge >= 0.3 is 5.97 Å². The van der Waals surface area contributed by atoms with Crippen LogP contribution in [0.25, 0.3) is 17.5 Å². The van der Waals surface area contributed by atoms with E-state index < -0.39 is 5.97 Å². The number of thioether (sulfide) groups is 1. The van der Waals surface area contributed by atoms with Gasteiger partial charge in [0.25, 0.3) is 0 Å². The Bertz CT molecular complexity index is 1450. The molecule has 9 nitrogen and oxygen atoms in total. The first-order chi connectivity index (χ1) is 18.4. The summed E-state index contributed by atoms with van der Waals surface area (Å²) in [4.78, 5) is 36.1. The molecule has 0 bridgehead atoms. The zero-order valence-electron chi connectivity index (χ0n) is 20.8. The van der Waals surface area contributed by atoms with Crippen LogP contribution in [0.15, 0.2) is 90.1 Å². The summed E-state index contributed by atoms with van der Waals surface area (Å²) < 4.78 is 6.47. The second-order valence-corrected chi connectivity index (χ2v) is 9.02. The number of benzene rings is 3. The van der Waals surface area contributed by atoms with Gasteiger partial charge in [-0.2, -0.15) is 0 Å². The lowest BCUT2D eigenvalue weighted by atomic mass is 10.2. The minimum Gasteiger partial charge on any atom is -0.465 e. The molecule has 2 amide bonds. The fourth-order valence-electron chi connectivity index (χ4n) is 3.45. The Morgan fingerprint density at radius 2 is 1.55 bits per heavy atom. The van der Waals surface area contributed by atoms with E-state index in [4.69, 9.17) is 0 Å². The largest absolute Gasteiger partial charge is 0.465 e. The molecule has 10 heteroatoms. The highest BCUT2D eigenvalue weighted by Crippen LogP contribution is 2.24. The van der Waals surface area contributed by atoms with Crippen LogP contribution in [0.4, 0.5) is 11.4 Å². The van der Waals surface area contributed by atoms with E-state index in [1.54, 1.807) is 47.0 Å². The molecule has 192 valence electrons. The topological polar surface area (TPSA) is 115 Å². The Kier molecular flexibility index (Phi) is 8.68.